The summed E-state index contributed by atoms with van der Waals surface area (Å²) >= 11 is 0. The summed E-state index contributed by atoms with van der Waals surface area (Å²) in [5.41, 5.74) is 7.20. The molecule has 0 unspecified atom stereocenters. The van der Waals surface area contributed by atoms with Crippen LogP contribution < -0.4 is 5.73 Å². The second-order valence-electron chi connectivity index (χ2n) is 4.11. The first-order chi connectivity index (χ1) is 9.31. The predicted molar refractivity (Wildman–Crippen MR) is 69.9 cm³/mol. The quantitative estimate of drug-likeness (QED) is 0.745. The Hall–Kier alpha value is -2.70. The van der Waals surface area contributed by atoms with Gasteiger partial charge in [-0.25, -0.2) is 0 Å². The summed E-state index contributed by atoms with van der Waals surface area (Å²) in [6, 6.07) is 9.76. The molecule has 0 bridgehead atoms. The average Bonchev–Trinajstić information content (AvgIpc) is 3.06. The van der Waals surface area contributed by atoms with E-state index in [0.29, 0.717) is 24.6 Å². The van der Waals surface area contributed by atoms with E-state index < -0.39 is 0 Å². The van der Waals surface area contributed by atoms with Crippen LogP contribution in [0.1, 0.15) is 0 Å². The van der Waals surface area contributed by atoms with E-state index in [1.54, 1.807) is 21.9 Å². The third-order valence-electron chi connectivity index (χ3n) is 2.67. The number of aryl methyl sites for hydroxylation is 2. The van der Waals surface area contributed by atoms with E-state index in [4.69, 9.17) is 5.73 Å². The molecule has 2 N–H and O–H groups in total. The lowest BCUT2D eigenvalue weighted by atomic mass is 10.2. The summed E-state index contributed by atoms with van der Waals surface area (Å²) in [7, 11) is 0. The molecule has 96 valence electrons. The van der Waals surface area contributed by atoms with Gasteiger partial charge in [0.05, 0.1) is 25.0 Å². The molecule has 3 rings (SSSR count). The molecule has 0 amide bonds. The largest absolute Gasteiger partial charge is 0.396 e. The summed E-state index contributed by atoms with van der Waals surface area (Å²) in [6.45, 7) is 1.25. The van der Waals surface area contributed by atoms with Crippen molar-refractivity contribution in [3.8, 4) is 11.4 Å². The van der Waals surface area contributed by atoms with Crippen molar-refractivity contribution < 1.29 is 0 Å². The lowest BCUT2D eigenvalue weighted by Gasteiger charge is -1.99. The maximum atomic E-state index is 5.59. The van der Waals surface area contributed by atoms with E-state index in [2.05, 4.69) is 20.5 Å². The van der Waals surface area contributed by atoms with E-state index in [9.17, 15) is 0 Å². The van der Waals surface area contributed by atoms with Crippen LogP contribution in [0.2, 0.25) is 0 Å². The molecule has 2 heterocycles. The summed E-state index contributed by atoms with van der Waals surface area (Å²) in [5.74, 6) is 0.626. The van der Waals surface area contributed by atoms with Gasteiger partial charge in [-0.05, 0) is 5.21 Å². The molecule has 0 aliphatic carbocycles. The topological polar surface area (TPSA) is 87.4 Å². The van der Waals surface area contributed by atoms with E-state index in [0.717, 1.165) is 5.56 Å². The normalized spacial score (nSPS) is 10.7. The highest BCUT2D eigenvalue weighted by atomic mass is 15.6. The molecule has 0 fully saturated rings. The van der Waals surface area contributed by atoms with Crippen molar-refractivity contribution >= 4 is 5.69 Å². The third kappa shape index (κ3) is 2.59. The number of nitrogens with zero attached hydrogens (tertiary/aromatic N) is 6. The Balaban J connectivity index is 1.68. The minimum Gasteiger partial charge on any atom is -0.396 e. The molecule has 0 saturated carbocycles. The standard InChI is InChI=1S/C12H13N7/c13-11-8-14-18(9-11)6-7-19-16-12(15-17-19)10-4-2-1-3-5-10/h1-5,8-9H,6-7,13H2. The molecule has 0 atom stereocenters. The molecule has 0 spiro atoms. The van der Waals surface area contributed by atoms with Gasteiger partial charge < -0.3 is 5.73 Å². The third-order valence-corrected chi connectivity index (χ3v) is 2.67. The van der Waals surface area contributed by atoms with Gasteiger partial charge in [0.15, 0.2) is 0 Å². The minimum absolute atomic E-state index is 0.598. The maximum absolute atomic E-state index is 5.59. The Morgan fingerprint density at radius 2 is 1.95 bits per heavy atom. The lowest BCUT2D eigenvalue weighted by Crippen LogP contribution is -2.10. The van der Waals surface area contributed by atoms with Crippen LogP contribution in [0.25, 0.3) is 11.4 Å². The number of rotatable bonds is 4. The van der Waals surface area contributed by atoms with Crippen molar-refractivity contribution in [3.05, 3.63) is 42.7 Å². The van der Waals surface area contributed by atoms with Gasteiger partial charge in [-0.1, -0.05) is 30.3 Å². The van der Waals surface area contributed by atoms with Crippen LogP contribution in [-0.4, -0.2) is 30.0 Å². The Kier molecular flexibility index (Phi) is 2.93. The summed E-state index contributed by atoms with van der Waals surface area (Å²) in [6.07, 6.45) is 3.39. The number of hydrogen-bond donors (Lipinski definition) is 1. The van der Waals surface area contributed by atoms with Crippen LogP contribution in [0.4, 0.5) is 5.69 Å². The zero-order valence-corrected chi connectivity index (χ0v) is 10.2. The molecule has 19 heavy (non-hydrogen) atoms. The first kappa shape index (κ1) is 11.4. The minimum atomic E-state index is 0.598. The number of hydrogen-bond acceptors (Lipinski definition) is 5. The monoisotopic (exact) mass is 255 g/mol. The van der Waals surface area contributed by atoms with Crippen LogP contribution in [0, 0.1) is 0 Å². The van der Waals surface area contributed by atoms with Gasteiger partial charge in [-0.15, -0.1) is 10.2 Å². The number of aromatic nitrogens is 6. The molecule has 1 aromatic carbocycles. The van der Waals surface area contributed by atoms with Gasteiger partial charge >= 0.3 is 0 Å². The van der Waals surface area contributed by atoms with Crippen molar-refractivity contribution in [1.29, 1.82) is 0 Å². The molecule has 0 radical (unpaired) electrons. The molecule has 0 saturated heterocycles. The molecule has 7 nitrogen and oxygen atoms in total. The van der Waals surface area contributed by atoms with Gasteiger partial charge in [-0.2, -0.15) is 9.90 Å². The number of anilines is 1. The molecular weight excluding hydrogens is 242 g/mol. The smallest absolute Gasteiger partial charge is 0.204 e. The summed E-state index contributed by atoms with van der Waals surface area (Å²) in [4.78, 5) is 1.56. The molecule has 3 aromatic rings. The fourth-order valence-electron chi connectivity index (χ4n) is 1.73. The number of nitrogens with two attached hydrogens (primary N) is 1. The van der Waals surface area contributed by atoms with Crippen LogP contribution >= 0.6 is 0 Å². The molecule has 0 aliphatic rings. The van der Waals surface area contributed by atoms with Gasteiger partial charge in [0.25, 0.3) is 0 Å². The number of benzene rings is 1. The Labute approximate surface area is 109 Å². The maximum Gasteiger partial charge on any atom is 0.204 e. The summed E-state index contributed by atoms with van der Waals surface area (Å²) < 4.78 is 1.75. The van der Waals surface area contributed by atoms with E-state index in [-0.39, 0.29) is 0 Å². The number of tetrazole rings is 1. The first-order valence-corrected chi connectivity index (χ1v) is 5.92. The Bertz CT molecular complexity index is 656. The van der Waals surface area contributed by atoms with Crippen LogP contribution in [0.5, 0.6) is 0 Å². The van der Waals surface area contributed by atoms with Gasteiger partial charge in [0.1, 0.15) is 0 Å². The van der Waals surface area contributed by atoms with Crippen LogP contribution in [0.15, 0.2) is 42.7 Å². The fourth-order valence-corrected chi connectivity index (χ4v) is 1.73. The first-order valence-electron chi connectivity index (χ1n) is 5.92. The molecule has 0 aliphatic heterocycles. The highest BCUT2D eigenvalue weighted by molar-refractivity contribution is 5.52. The molecule has 7 heteroatoms. The second kappa shape index (κ2) is 4.89. The van der Waals surface area contributed by atoms with E-state index >= 15 is 0 Å². The summed E-state index contributed by atoms with van der Waals surface area (Å²) in [5, 5.41) is 16.5. The highest BCUT2D eigenvalue weighted by Gasteiger charge is 2.05. The SMILES string of the molecule is Nc1cnn(CCn2nnc(-c3ccccc3)n2)c1. The highest BCUT2D eigenvalue weighted by Crippen LogP contribution is 2.11. The van der Waals surface area contributed by atoms with E-state index in [1.165, 1.54) is 0 Å². The van der Waals surface area contributed by atoms with Crippen LogP contribution in [0.3, 0.4) is 0 Å². The van der Waals surface area contributed by atoms with Crippen molar-refractivity contribution in [2.24, 2.45) is 0 Å². The average molecular weight is 255 g/mol. The van der Waals surface area contributed by atoms with Crippen LogP contribution in [-0.2, 0) is 13.1 Å². The molecular formula is C12H13N7. The number of nitrogen functional groups attached to an aromatic ring is 1. The zero-order chi connectivity index (χ0) is 13.1. The second-order valence-corrected chi connectivity index (χ2v) is 4.11. The Morgan fingerprint density at radius 3 is 2.68 bits per heavy atom. The van der Waals surface area contributed by atoms with Gasteiger partial charge in [0, 0.05) is 11.8 Å². The molecule has 2 aromatic heterocycles. The van der Waals surface area contributed by atoms with Crippen molar-refractivity contribution in [2.75, 3.05) is 5.73 Å². The van der Waals surface area contributed by atoms with Crippen molar-refractivity contribution in [1.82, 2.24) is 30.0 Å². The van der Waals surface area contributed by atoms with Gasteiger partial charge in [-0.3, -0.25) is 4.68 Å². The Morgan fingerprint density at radius 1 is 1.11 bits per heavy atom. The van der Waals surface area contributed by atoms with E-state index in [1.807, 2.05) is 30.3 Å². The fraction of sp³-hybridized carbons (Fsp3) is 0.167. The van der Waals surface area contributed by atoms with Crippen molar-refractivity contribution in [2.45, 2.75) is 13.1 Å². The zero-order valence-electron chi connectivity index (χ0n) is 10.2. The van der Waals surface area contributed by atoms with Crippen molar-refractivity contribution in [3.63, 3.8) is 0 Å². The predicted octanol–water partition coefficient (Wildman–Crippen LogP) is 0.819. The lowest BCUT2D eigenvalue weighted by molar-refractivity contribution is 0.450. The van der Waals surface area contributed by atoms with Gasteiger partial charge in [0.2, 0.25) is 5.82 Å².